The topological polar surface area (TPSA) is 40.9 Å². The molecule has 3 aliphatic rings. The van der Waals surface area contributed by atoms with E-state index in [2.05, 4.69) is 4.90 Å². The van der Waals surface area contributed by atoms with E-state index in [9.17, 15) is 4.79 Å². The SMILES string of the molecule is CN(C(=O)c1c(C2CC2)nc2sccn12)C1CCN(C2CC2)C1. The highest BCUT2D eigenvalue weighted by atomic mass is 32.1. The van der Waals surface area contributed by atoms with E-state index in [4.69, 9.17) is 4.98 Å². The van der Waals surface area contributed by atoms with Gasteiger partial charge < -0.3 is 4.90 Å². The van der Waals surface area contributed by atoms with Crippen molar-refractivity contribution in [3.63, 3.8) is 0 Å². The number of likely N-dealkylation sites (N-methyl/N-ethyl adjacent to an activating group) is 1. The van der Waals surface area contributed by atoms with E-state index in [0.29, 0.717) is 12.0 Å². The van der Waals surface area contributed by atoms with E-state index in [-0.39, 0.29) is 5.91 Å². The van der Waals surface area contributed by atoms with Gasteiger partial charge in [-0.2, -0.15) is 0 Å². The Hall–Kier alpha value is -1.40. The van der Waals surface area contributed by atoms with Crippen molar-refractivity contribution in [2.45, 2.75) is 50.1 Å². The Balaban J connectivity index is 1.43. The van der Waals surface area contributed by atoms with Crippen LogP contribution in [-0.4, -0.2) is 57.3 Å². The zero-order valence-corrected chi connectivity index (χ0v) is 14.3. The number of hydrogen-bond acceptors (Lipinski definition) is 4. The standard InChI is InChI=1S/C17H22N4OS/c1-19(13-6-7-20(10-13)12-4-5-12)16(22)15-14(11-2-3-11)18-17-21(15)8-9-23-17/h8-9,11-13H,2-7,10H2,1H3. The van der Waals surface area contributed by atoms with Crippen molar-refractivity contribution in [2.75, 3.05) is 20.1 Å². The summed E-state index contributed by atoms with van der Waals surface area (Å²) >= 11 is 1.61. The number of hydrogen-bond donors (Lipinski definition) is 0. The first-order valence-electron chi connectivity index (χ1n) is 8.69. The fourth-order valence-corrected chi connectivity index (χ4v) is 4.57. The molecule has 1 amide bonds. The third-order valence-electron chi connectivity index (χ3n) is 5.58. The summed E-state index contributed by atoms with van der Waals surface area (Å²) in [4.78, 5) is 23.4. The predicted octanol–water partition coefficient (Wildman–Crippen LogP) is 2.58. The number of fused-ring (bicyclic) bond motifs is 1. The van der Waals surface area contributed by atoms with Gasteiger partial charge in [-0.3, -0.25) is 14.1 Å². The van der Waals surface area contributed by atoms with Gasteiger partial charge in [0.1, 0.15) is 5.69 Å². The number of thiazole rings is 1. The number of likely N-dealkylation sites (tertiary alicyclic amines) is 1. The molecular formula is C17H22N4OS. The minimum Gasteiger partial charge on any atom is -0.336 e. The number of nitrogens with zero attached hydrogens (tertiary/aromatic N) is 4. The van der Waals surface area contributed by atoms with Gasteiger partial charge >= 0.3 is 0 Å². The fourth-order valence-electron chi connectivity index (χ4n) is 3.84. The van der Waals surface area contributed by atoms with Gasteiger partial charge in [0.05, 0.1) is 5.69 Å². The average molecular weight is 330 g/mol. The molecule has 0 bridgehead atoms. The van der Waals surface area contributed by atoms with Crippen LogP contribution in [-0.2, 0) is 0 Å². The van der Waals surface area contributed by atoms with Gasteiger partial charge in [0, 0.05) is 49.7 Å². The Kier molecular flexibility index (Phi) is 3.07. The van der Waals surface area contributed by atoms with Crippen molar-refractivity contribution in [1.29, 1.82) is 0 Å². The highest BCUT2D eigenvalue weighted by Gasteiger charge is 2.39. The largest absolute Gasteiger partial charge is 0.336 e. The summed E-state index contributed by atoms with van der Waals surface area (Å²) in [5.41, 5.74) is 1.85. The smallest absolute Gasteiger partial charge is 0.272 e. The van der Waals surface area contributed by atoms with Gasteiger partial charge in [-0.15, -0.1) is 11.3 Å². The van der Waals surface area contributed by atoms with E-state index in [1.807, 2.05) is 27.9 Å². The van der Waals surface area contributed by atoms with Crippen molar-refractivity contribution < 1.29 is 4.79 Å². The summed E-state index contributed by atoms with van der Waals surface area (Å²) in [6, 6.07) is 1.14. The zero-order chi connectivity index (χ0) is 15.6. The summed E-state index contributed by atoms with van der Waals surface area (Å²) in [7, 11) is 1.98. The second-order valence-corrected chi connectivity index (χ2v) is 8.13. The first-order valence-corrected chi connectivity index (χ1v) is 9.57. The molecule has 23 heavy (non-hydrogen) atoms. The quantitative estimate of drug-likeness (QED) is 0.865. The molecule has 6 heteroatoms. The molecule has 2 aromatic rings. The van der Waals surface area contributed by atoms with Crippen LogP contribution >= 0.6 is 11.3 Å². The molecule has 5 rings (SSSR count). The van der Waals surface area contributed by atoms with Crippen molar-refractivity contribution in [3.05, 3.63) is 23.0 Å². The lowest BCUT2D eigenvalue weighted by Gasteiger charge is -2.25. The van der Waals surface area contributed by atoms with Crippen LogP contribution in [0.5, 0.6) is 0 Å². The normalized spacial score (nSPS) is 25.3. The van der Waals surface area contributed by atoms with Crippen LogP contribution in [0.25, 0.3) is 4.96 Å². The molecule has 3 heterocycles. The van der Waals surface area contributed by atoms with E-state index < -0.39 is 0 Å². The maximum Gasteiger partial charge on any atom is 0.272 e. The van der Waals surface area contributed by atoms with Crippen LogP contribution in [0.2, 0.25) is 0 Å². The van der Waals surface area contributed by atoms with Crippen molar-refractivity contribution in [2.24, 2.45) is 0 Å². The molecule has 122 valence electrons. The Morgan fingerprint density at radius 3 is 2.87 bits per heavy atom. The van der Waals surface area contributed by atoms with E-state index in [1.54, 1.807) is 11.3 Å². The van der Waals surface area contributed by atoms with Crippen molar-refractivity contribution in [1.82, 2.24) is 19.2 Å². The number of imidazole rings is 1. The zero-order valence-electron chi connectivity index (χ0n) is 13.4. The first kappa shape index (κ1) is 14.0. The Morgan fingerprint density at radius 1 is 1.30 bits per heavy atom. The minimum absolute atomic E-state index is 0.153. The number of rotatable bonds is 4. The lowest BCUT2D eigenvalue weighted by molar-refractivity contribution is 0.0726. The monoisotopic (exact) mass is 330 g/mol. The molecule has 2 aromatic heterocycles. The fraction of sp³-hybridized carbons (Fsp3) is 0.647. The number of amides is 1. The van der Waals surface area contributed by atoms with E-state index in [1.165, 1.54) is 25.7 Å². The molecule has 0 N–H and O–H groups in total. The molecule has 1 saturated heterocycles. The number of carbonyl (C=O) groups excluding carboxylic acids is 1. The van der Waals surface area contributed by atoms with Crippen molar-refractivity contribution in [3.8, 4) is 0 Å². The second kappa shape index (κ2) is 5.05. The minimum atomic E-state index is 0.153. The van der Waals surface area contributed by atoms with Gasteiger partial charge in [-0.1, -0.05) is 0 Å². The van der Waals surface area contributed by atoms with Crippen molar-refractivity contribution >= 4 is 22.2 Å². The molecule has 0 radical (unpaired) electrons. The lowest BCUT2D eigenvalue weighted by atomic mass is 10.1. The van der Waals surface area contributed by atoms with Crippen LogP contribution in [0.4, 0.5) is 0 Å². The lowest BCUT2D eigenvalue weighted by Crippen LogP contribution is -2.40. The molecule has 2 aliphatic carbocycles. The molecular weight excluding hydrogens is 308 g/mol. The van der Waals surface area contributed by atoms with E-state index >= 15 is 0 Å². The van der Waals surface area contributed by atoms with Crippen LogP contribution in [0.15, 0.2) is 11.6 Å². The Labute approximate surface area is 139 Å². The Bertz CT molecular complexity index is 758. The molecule has 5 nitrogen and oxygen atoms in total. The van der Waals surface area contributed by atoms with Crippen LogP contribution < -0.4 is 0 Å². The molecule has 1 unspecified atom stereocenters. The molecule has 0 aromatic carbocycles. The van der Waals surface area contributed by atoms with Crippen LogP contribution in [0.1, 0.15) is 54.2 Å². The van der Waals surface area contributed by atoms with Gasteiger partial charge in [-0.05, 0) is 32.1 Å². The highest BCUT2D eigenvalue weighted by molar-refractivity contribution is 7.15. The molecule has 3 fully saturated rings. The summed E-state index contributed by atoms with van der Waals surface area (Å²) in [5, 5.41) is 2.01. The first-order chi connectivity index (χ1) is 11.2. The Morgan fingerprint density at radius 2 is 2.13 bits per heavy atom. The van der Waals surface area contributed by atoms with Gasteiger partial charge in [0.15, 0.2) is 4.96 Å². The predicted molar refractivity (Wildman–Crippen MR) is 90.1 cm³/mol. The maximum absolute atomic E-state index is 13.2. The average Bonchev–Trinajstić information content (AvgIpc) is 3.45. The third kappa shape index (κ3) is 2.31. The van der Waals surface area contributed by atoms with Crippen LogP contribution in [0.3, 0.4) is 0 Å². The summed E-state index contributed by atoms with van der Waals surface area (Å²) in [6.07, 6.45) is 8.12. The van der Waals surface area contributed by atoms with Gasteiger partial charge in [0.2, 0.25) is 0 Å². The molecule has 1 atom stereocenters. The summed E-state index contributed by atoms with van der Waals surface area (Å²) in [6.45, 7) is 2.18. The third-order valence-corrected chi connectivity index (χ3v) is 6.34. The molecule has 0 spiro atoms. The van der Waals surface area contributed by atoms with Gasteiger partial charge in [0.25, 0.3) is 5.91 Å². The maximum atomic E-state index is 13.2. The summed E-state index contributed by atoms with van der Waals surface area (Å²) in [5.74, 6) is 0.654. The molecule has 1 aliphatic heterocycles. The van der Waals surface area contributed by atoms with E-state index in [0.717, 1.165) is 41.9 Å². The number of carbonyl (C=O) groups is 1. The van der Waals surface area contributed by atoms with Crippen LogP contribution in [0, 0.1) is 0 Å². The van der Waals surface area contributed by atoms with Gasteiger partial charge in [-0.25, -0.2) is 4.98 Å². The number of aromatic nitrogens is 2. The highest BCUT2D eigenvalue weighted by Crippen LogP contribution is 2.42. The second-order valence-electron chi connectivity index (χ2n) is 7.26. The molecule has 2 saturated carbocycles. The summed E-state index contributed by atoms with van der Waals surface area (Å²) < 4.78 is 2.00.